The van der Waals surface area contributed by atoms with Crippen LogP contribution in [0.5, 0.6) is 5.75 Å². The molecule has 0 aliphatic carbocycles. The molecule has 1 unspecified atom stereocenters. The van der Waals surface area contributed by atoms with E-state index in [1.54, 1.807) is 24.3 Å². The Balaban J connectivity index is 2.44. The van der Waals surface area contributed by atoms with Gasteiger partial charge in [0.25, 0.3) is 0 Å². The number of hydrogen-bond donors (Lipinski definition) is 3. The van der Waals surface area contributed by atoms with Gasteiger partial charge in [-0.3, -0.25) is 0 Å². The summed E-state index contributed by atoms with van der Waals surface area (Å²) in [5.41, 5.74) is 0.618. The van der Waals surface area contributed by atoms with Gasteiger partial charge in [0, 0.05) is 11.7 Å². The predicted octanol–water partition coefficient (Wildman–Crippen LogP) is 2.71. The molecule has 1 aromatic carbocycles. The molecule has 0 radical (unpaired) electrons. The number of aliphatic carboxylic acids is 1. The van der Waals surface area contributed by atoms with E-state index in [4.69, 9.17) is 9.84 Å². The Morgan fingerprint density at radius 2 is 1.81 bits per heavy atom. The molecule has 21 heavy (non-hydrogen) atoms. The Labute approximate surface area is 124 Å². The number of amides is 2. The third-order valence-corrected chi connectivity index (χ3v) is 2.68. The van der Waals surface area contributed by atoms with Crippen LogP contribution in [0.15, 0.2) is 24.3 Å². The molecule has 1 aromatic rings. The van der Waals surface area contributed by atoms with E-state index in [-0.39, 0.29) is 18.7 Å². The zero-order valence-corrected chi connectivity index (χ0v) is 12.6. The van der Waals surface area contributed by atoms with E-state index < -0.39 is 5.97 Å². The maximum atomic E-state index is 11.8. The van der Waals surface area contributed by atoms with E-state index in [0.717, 1.165) is 6.42 Å². The molecule has 116 valence electrons. The quantitative estimate of drug-likeness (QED) is 0.721. The number of ether oxygens (including phenoxy) is 1. The second-order valence-electron chi connectivity index (χ2n) is 5.34. The lowest BCUT2D eigenvalue weighted by molar-refractivity contribution is -0.139. The van der Waals surface area contributed by atoms with Gasteiger partial charge in [-0.2, -0.15) is 0 Å². The van der Waals surface area contributed by atoms with Gasteiger partial charge in [-0.05, 0) is 43.5 Å². The molecule has 0 aromatic heterocycles. The average molecular weight is 294 g/mol. The predicted molar refractivity (Wildman–Crippen MR) is 80.6 cm³/mol. The van der Waals surface area contributed by atoms with E-state index in [1.807, 2.05) is 6.92 Å². The van der Waals surface area contributed by atoms with Crippen molar-refractivity contribution in [1.82, 2.24) is 5.32 Å². The van der Waals surface area contributed by atoms with Crippen molar-refractivity contribution in [3.8, 4) is 5.75 Å². The highest BCUT2D eigenvalue weighted by molar-refractivity contribution is 5.89. The van der Waals surface area contributed by atoms with E-state index in [2.05, 4.69) is 24.5 Å². The Kier molecular flexibility index (Phi) is 6.52. The van der Waals surface area contributed by atoms with Crippen molar-refractivity contribution < 1.29 is 19.4 Å². The molecule has 0 fully saturated rings. The summed E-state index contributed by atoms with van der Waals surface area (Å²) >= 11 is 0. The highest BCUT2D eigenvalue weighted by atomic mass is 16.5. The Bertz CT molecular complexity index is 471. The van der Waals surface area contributed by atoms with Gasteiger partial charge in [0.2, 0.25) is 0 Å². The van der Waals surface area contributed by atoms with Gasteiger partial charge in [-0.15, -0.1) is 0 Å². The number of hydrogen-bond acceptors (Lipinski definition) is 3. The molecule has 0 spiro atoms. The molecular weight excluding hydrogens is 272 g/mol. The first-order valence-corrected chi connectivity index (χ1v) is 6.89. The number of carbonyl (C=O) groups excluding carboxylic acids is 1. The van der Waals surface area contributed by atoms with Gasteiger partial charge >= 0.3 is 12.0 Å². The third-order valence-electron chi connectivity index (χ3n) is 2.68. The van der Waals surface area contributed by atoms with Gasteiger partial charge in [0.15, 0.2) is 6.61 Å². The lowest BCUT2D eigenvalue weighted by Crippen LogP contribution is -2.36. The number of benzene rings is 1. The van der Waals surface area contributed by atoms with Crippen LogP contribution < -0.4 is 15.4 Å². The number of urea groups is 1. The number of rotatable bonds is 7. The van der Waals surface area contributed by atoms with Crippen molar-refractivity contribution in [1.29, 1.82) is 0 Å². The average Bonchev–Trinajstić information content (AvgIpc) is 2.36. The highest BCUT2D eigenvalue weighted by Gasteiger charge is 2.09. The molecule has 0 heterocycles. The minimum Gasteiger partial charge on any atom is -0.482 e. The van der Waals surface area contributed by atoms with Crippen LogP contribution in [0, 0.1) is 5.92 Å². The molecule has 0 aliphatic heterocycles. The Hall–Kier alpha value is -2.24. The smallest absolute Gasteiger partial charge is 0.341 e. The van der Waals surface area contributed by atoms with E-state index in [0.29, 0.717) is 17.4 Å². The van der Waals surface area contributed by atoms with E-state index >= 15 is 0 Å². The summed E-state index contributed by atoms with van der Waals surface area (Å²) in [5, 5.41) is 14.1. The van der Waals surface area contributed by atoms with Crippen LogP contribution in [-0.4, -0.2) is 29.8 Å². The standard InChI is InChI=1S/C15H22N2O4/c1-10(2)8-11(3)16-15(20)17-12-4-6-13(7-5-12)21-9-14(18)19/h4-7,10-11H,8-9H2,1-3H3,(H,18,19)(H2,16,17,20). The molecule has 6 heteroatoms. The molecule has 1 rings (SSSR count). The number of carboxylic acid groups (broad SMARTS) is 1. The summed E-state index contributed by atoms with van der Waals surface area (Å²) in [6.07, 6.45) is 0.912. The Morgan fingerprint density at radius 1 is 1.19 bits per heavy atom. The van der Waals surface area contributed by atoms with E-state index in [9.17, 15) is 9.59 Å². The summed E-state index contributed by atoms with van der Waals surface area (Å²) < 4.78 is 5.01. The van der Waals surface area contributed by atoms with Crippen LogP contribution in [0.3, 0.4) is 0 Å². The lowest BCUT2D eigenvalue weighted by atomic mass is 10.1. The number of anilines is 1. The maximum Gasteiger partial charge on any atom is 0.341 e. The Morgan fingerprint density at radius 3 is 2.33 bits per heavy atom. The molecule has 0 saturated carbocycles. The monoisotopic (exact) mass is 294 g/mol. The maximum absolute atomic E-state index is 11.8. The second-order valence-corrected chi connectivity index (χ2v) is 5.34. The SMILES string of the molecule is CC(C)CC(C)NC(=O)Nc1ccc(OCC(=O)O)cc1. The van der Waals surface area contributed by atoms with Crippen LogP contribution in [0.25, 0.3) is 0 Å². The van der Waals surface area contributed by atoms with Gasteiger partial charge in [-0.25, -0.2) is 9.59 Å². The lowest BCUT2D eigenvalue weighted by Gasteiger charge is -2.16. The van der Waals surface area contributed by atoms with Gasteiger partial charge in [0.05, 0.1) is 0 Å². The van der Waals surface area contributed by atoms with Gasteiger partial charge in [0.1, 0.15) is 5.75 Å². The summed E-state index contributed by atoms with van der Waals surface area (Å²) in [5.74, 6) is -0.0711. The first kappa shape index (κ1) is 16.8. The minimum atomic E-state index is -1.03. The molecule has 0 saturated heterocycles. The largest absolute Gasteiger partial charge is 0.482 e. The number of carboxylic acids is 1. The molecule has 0 aliphatic rings. The molecule has 2 amide bonds. The topological polar surface area (TPSA) is 87.7 Å². The zero-order chi connectivity index (χ0) is 15.8. The van der Waals surface area contributed by atoms with Crippen molar-refractivity contribution in [3.63, 3.8) is 0 Å². The molecule has 3 N–H and O–H groups in total. The fourth-order valence-corrected chi connectivity index (χ4v) is 1.94. The van der Waals surface area contributed by atoms with Crippen LogP contribution in [0.4, 0.5) is 10.5 Å². The third kappa shape index (κ3) is 7.20. The number of nitrogens with one attached hydrogen (secondary N) is 2. The first-order valence-electron chi connectivity index (χ1n) is 6.89. The summed E-state index contributed by atoms with van der Waals surface area (Å²) in [7, 11) is 0. The molecule has 1 atom stereocenters. The fraction of sp³-hybridized carbons (Fsp3) is 0.467. The second kappa shape index (κ2) is 8.14. The van der Waals surface area contributed by atoms with Crippen molar-refractivity contribution in [3.05, 3.63) is 24.3 Å². The van der Waals surface area contributed by atoms with Crippen LogP contribution >= 0.6 is 0 Å². The summed E-state index contributed by atoms with van der Waals surface area (Å²) in [6.45, 7) is 5.78. The zero-order valence-electron chi connectivity index (χ0n) is 12.6. The van der Waals surface area contributed by atoms with E-state index in [1.165, 1.54) is 0 Å². The van der Waals surface area contributed by atoms with Crippen LogP contribution in [-0.2, 0) is 4.79 Å². The normalized spacial score (nSPS) is 11.8. The number of carbonyl (C=O) groups is 2. The van der Waals surface area contributed by atoms with Crippen molar-refractivity contribution in [2.45, 2.75) is 33.2 Å². The van der Waals surface area contributed by atoms with Crippen LogP contribution in [0.1, 0.15) is 27.2 Å². The first-order chi connectivity index (χ1) is 9.86. The minimum absolute atomic E-state index is 0.100. The van der Waals surface area contributed by atoms with Crippen molar-refractivity contribution in [2.75, 3.05) is 11.9 Å². The molecular formula is C15H22N2O4. The van der Waals surface area contributed by atoms with Gasteiger partial charge in [-0.1, -0.05) is 13.8 Å². The van der Waals surface area contributed by atoms with Crippen LogP contribution in [0.2, 0.25) is 0 Å². The molecule has 0 bridgehead atoms. The summed E-state index contributed by atoms with van der Waals surface area (Å²) in [6, 6.07) is 6.37. The van der Waals surface area contributed by atoms with Crippen molar-refractivity contribution >= 4 is 17.7 Å². The fourth-order valence-electron chi connectivity index (χ4n) is 1.94. The van der Waals surface area contributed by atoms with Gasteiger partial charge < -0.3 is 20.5 Å². The van der Waals surface area contributed by atoms with Crippen molar-refractivity contribution in [2.24, 2.45) is 5.92 Å². The summed E-state index contributed by atoms with van der Waals surface area (Å²) in [4.78, 5) is 22.1. The highest BCUT2D eigenvalue weighted by Crippen LogP contribution is 2.15. The molecule has 6 nitrogen and oxygen atoms in total.